The van der Waals surface area contributed by atoms with Crippen LogP contribution in [0.2, 0.25) is 0 Å². The second-order valence-corrected chi connectivity index (χ2v) is 5.23. The predicted molar refractivity (Wildman–Crippen MR) is 84.2 cm³/mol. The quantitative estimate of drug-likeness (QED) is 0.843. The van der Waals surface area contributed by atoms with Gasteiger partial charge in [0.05, 0.1) is 12.8 Å². The van der Waals surface area contributed by atoms with E-state index in [4.69, 9.17) is 10.5 Å². The predicted octanol–water partition coefficient (Wildman–Crippen LogP) is 3.60. The van der Waals surface area contributed by atoms with E-state index in [9.17, 15) is 4.79 Å². The van der Waals surface area contributed by atoms with Gasteiger partial charge in [0.1, 0.15) is 5.75 Å². The summed E-state index contributed by atoms with van der Waals surface area (Å²) >= 11 is 3.41. The van der Waals surface area contributed by atoms with Gasteiger partial charge in [0.25, 0.3) is 5.91 Å². The lowest BCUT2D eigenvalue weighted by atomic mass is 10.1. The van der Waals surface area contributed by atoms with Gasteiger partial charge in [-0.05, 0) is 64.8 Å². The molecule has 0 atom stereocenters. The van der Waals surface area contributed by atoms with Crippen LogP contribution in [0.1, 0.15) is 15.9 Å². The lowest BCUT2D eigenvalue weighted by Crippen LogP contribution is -2.12. The van der Waals surface area contributed by atoms with E-state index in [-0.39, 0.29) is 5.91 Å². The summed E-state index contributed by atoms with van der Waals surface area (Å²) in [5.74, 6) is 0.513. The third-order valence-corrected chi connectivity index (χ3v) is 3.61. The maximum Gasteiger partial charge on any atom is 0.255 e. The number of benzene rings is 2. The Bertz CT molecular complexity index is 639. The molecule has 0 aliphatic rings. The van der Waals surface area contributed by atoms with Crippen LogP contribution >= 0.6 is 15.9 Å². The van der Waals surface area contributed by atoms with Crippen molar-refractivity contribution in [1.82, 2.24) is 0 Å². The monoisotopic (exact) mass is 334 g/mol. The van der Waals surface area contributed by atoms with Gasteiger partial charge >= 0.3 is 0 Å². The number of ether oxygens (including phenoxy) is 1. The number of hydrogen-bond acceptors (Lipinski definition) is 3. The molecule has 2 aromatic carbocycles. The molecule has 2 rings (SSSR count). The number of nitrogens with one attached hydrogen (secondary N) is 1. The zero-order chi connectivity index (χ0) is 14.7. The van der Waals surface area contributed by atoms with E-state index in [1.165, 1.54) is 0 Å². The number of hydrogen-bond donors (Lipinski definition) is 2. The van der Waals surface area contributed by atoms with Gasteiger partial charge in [-0.3, -0.25) is 4.79 Å². The smallest absolute Gasteiger partial charge is 0.255 e. The lowest BCUT2D eigenvalue weighted by molar-refractivity contribution is 0.102. The SMILES string of the molecule is COc1ccc(C(=O)Nc2cc(N)c(C)cc2Br)cc1. The summed E-state index contributed by atoms with van der Waals surface area (Å²) in [4.78, 5) is 12.1. The highest BCUT2D eigenvalue weighted by Crippen LogP contribution is 2.28. The van der Waals surface area contributed by atoms with Crippen LogP contribution in [0.25, 0.3) is 0 Å². The number of methoxy groups -OCH3 is 1. The van der Waals surface area contributed by atoms with Crippen LogP contribution in [-0.2, 0) is 0 Å². The number of halogens is 1. The molecule has 0 heterocycles. The van der Waals surface area contributed by atoms with Gasteiger partial charge in [-0.15, -0.1) is 0 Å². The molecule has 4 nitrogen and oxygen atoms in total. The molecule has 0 aliphatic carbocycles. The zero-order valence-corrected chi connectivity index (χ0v) is 12.8. The average Bonchev–Trinajstić information content (AvgIpc) is 2.44. The Morgan fingerprint density at radius 3 is 2.50 bits per heavy atom. The van der Waals surface area contributed by atoms with Gasteiger partial charge in [-0.2, -0.15) is 0 Å². The molecule has 0 bridgehead atoms. The van der Waals surface area contributed by atoms with Crippen molar-refractivity contribution in [3.05, 3.63) is 52.0 Å². The minimum Gasteiger partial charge on any atom is -0.497 e. The van der Waals surface area contributed by atoms with E-state index < -0.39 is 0 Å². The Morgan fingerprint density at radius 1 is 1.25 bits per heavy atom. The third kappa shape index (κ3) is 3.11. The second-order valence-electron chi connectivity index (χ2n) is 4.37. The Kier molecular flexibility index (Phi) is 4.29. The molecule has 0 fully saturated rings. The Hall–Kier alpha value is -2.01. The van der Waals surface area contributed by atoms with Crippen molar-refractivity contribution in [3.63, 3.8) is 0 Å². The van der Waals surface area contributed by atoms with Gasteiger partial charge in [0.2, 0.25) is 0 Å². The van der Waals surface area contributed by atoms with Crippen LogP contribution in [0.4, 0.5) is 11.4 Å². The summed E-state index contributed by atoms with van der Waals surface area (Å²) in [5, 5.41) is 2.83. The fourth-order valence-electron chi connectivity index (χ4n) is 1.72. The number of carbonyl (C=O) groups is 1. The van der Waals surface area contributed by atoms with E-state index in [0.717, 1.165) is 10.0 Å². The molecule has 0 spiro atoms. The van der Waals surface area contributed by atoms with Crippen molar-refractivity contribution in [2.24, 2.45) is 0 Å². The number of rotatable bonds is 3. The summed E-state index contributed by atoms with van der Waals surface area (Å²) in [7, 11) is 1.58. The van der Waals surface area contributed by atoms with Gasteiger partial charge < -0.3 is 15.8 Å². The largest absolute Gasteiger partial charge is 0.497 e. The third-order valence-electron chi connectivity index (χ3n) is 2.96. The fraction of sp³-hybridized carbons (Fsp3) is 0.133. The Morgan fingerprint density at radius 2 is 1.90 bits per heavy atom. The van der Waals surface area contributed by atoms with Gasteiger partial charge in [0.15, 0.2) is 0 Å². The summed E-state index contributed by atoms with van der Waals surface area (Å²) in [6.45, 7) is 1.91. The minimum atomic E-state index is -0.198. The maximum atomic E-state index is 12.1. The molecule has 5 heteroatoms. The van der Waals surface area contributed by atoms with Crippen LogP contribution < -0.4 is 15.8 Å². The topological polar surface area (TPSA) is 64.3 Å². The standard InChI is InChI=1S/C15H15BrN2O2/c1-9-7-12(16)14(8-13(9)17)18-15(19)10-3-5-11(20-2)6-4-10/h3-8H,17H2,1-2H3,(H,18,19). The molecule has 0 aliphatic heterocycles. The van der Waals surface area contributed by atoms with E-state index in [1.54, 1.807) is 37.4 Å². The number of amides is 1. The number of nitrogen functional groups attached to an aromatic ring is 1. The first-order chi connectivity index (χ1) is 9.51. The van der Waals surface area contributed by atoms with Crippen molar-refractivity contribution in [2.75, 3.05) is 18.2 Å². The van der Waals surface area contributed by atoms with Gasteiger partial charge in [-0.1, -0.05) is 0 Å². The van der Waals surface area contributed by atoms with Crippen molar-refractivity contribution in [1.29, 1.82) is 0 Å². The van der Waals surface area contributed by atoms with Crippen LogP contribution in [-0.4, -0.2) is 13.0 Å². The average molecular weight is 335 g/mol. The molecule has 0 saturated heterocycles. The second kappa shape index (κ2) is 5.96. The maximum absolute atomic E-state index is 12.1. The summed E-state index contributed by atoms with van der Waals surface area (Å²) in [5.41, 5.74) is 8.65. The van der Waals surface area contributed by atoms with E-state index in [2.05, 4.69) is 21.2 Å². The zero-order valence-electron chi connectivity index (χ0n) is 11.2. The van der Waals surface area contributed by atoms with Crippen molar-refractivity contribution < 1.29 is 9.53 Å². The van der Waals surface area contributed by atoms with Gasteiger partial charge in [-0.25, -0.2) is 0 Å². The Labute approximate surface area is 126 Å². The van der Waals surface area contributed by atoms with E-state index in [0.29, 0.717) is 22.7 Å². The molecule has 1 amide bonds. The van der Waals surface area contributed by atoms with Crippen LogP contribution in [0, 0.1) is 6.92 Å². The van der Waals surface area contributed by atoms with E-state index in [1.807, 2.05) is 13.0 Å². The highest BCUT2D eigenvalue weighted by molar-refractivity contribution is 9.10. The first-order valence-electron chi connectivity index (χ1n) is 6.02. The summed E-state index contributed by atoms with van der Waals surface area (Å²) in [6.07, 6.45) is 0. The van der Waals surface area contributed by atoms with Crippen molar-refractivity contribution in [3.8, 4) is 5.75 Å². The van der Waals surface area contributed by atoms with Crippen molar-refractivity contribution >= 4 is 33.2 Å². The summed E-state index contributed by atoms with van der Waals surface area (Å²) in [6, 6.07) is 10.5. The number of anilines is 2. The number of carbonyl (C=O) groups excluding carboxylic acids is 1. The fourth-order valence-corrected chi connectivity index (χ4v) is 2.28. The van der Waals surface area contributed by atoms with E-state index >= 15 is 0 Å². The van der Waals surface area contributed by atoms with Crippen LogP contribution in [0.5, 0.6) is 5.75 Å². The van der Waals surface area contributed by atoms with Crippen LogP contribution in [0.3, 0.4) is 0 Å². The molecule has 0 aromatic heterocycles. The number of aryl methyl sites for hydroxylation is 1. The molecule has 0 unspecified atom stereocenters. The molecule has 104 valence electrons. The molecule has 3 N–H and O–H groups in total. The van der Waals surface area contributed by atoms with Crippen molar-refractivity contribution in [2.45, 2.75) is 6.92 Å². The molecule has 20 heavy (non-hydrogen) atoms. The molecular weight excluding hydrogens is 320 g/mol. The molecule has 2 aromatic rings. The minimum absolute atomic E-state index is 0.198. The molecule has 0 radical (unpaired) electrons. The molecular formula is C15H15BrN2O2. The molecule has 0 saturated carbocycles. The highest BCUT2D eigenvalue weighted by atomic mass is 79.9. The summed E-state index contributed by atoms with van der Waals surface area (Å²) < 4.78 is 5.86. The lowest BCUT2D eigenvalue weighted by Gasteiger charge is -2.10. The highest BCUT2D eigenvalue weighted by Gasteiger charge is 2.10. The first kappa shape index (κ1) is 14.4. The van der Waals surface area contributed by atoms with Crippen LogP contribution in [0.15, 0.2) is 40.9 Å². The van der Waals surface area contributed by atoms with Gasteiger partial charge in [0, 0.05) is 15.7 Å². The normalized spacial score (nSPS) is 10.2. The number of nitrogens with two attached hydrogens (primary N) is 1. The Balaban J connectivity index is 2.20. The first-order valence-corrected chi connectivity index (χ1v) is 6.81.